The maximum absolute atomic E-state index is 11.6. The van der Waals surface area contributed by atoms with Crippen molar-refractivity contribution in [3.63, 3.8) is 0 Å². The van der Waals surface area contributed by atoms with Crippen molar-refractivity contribution in [1.82, 2.24) is 15.1 Å². The fourth-order valence-electron chi connectivity index (χ4n) is 1.84. The Morgan fingerprint density at radius 3 is 2.50 bits per heavy atom. The molecular weight excluding hydrogens is 238 g/mol. The number of carbonyl (C=O) groups excluding carboxylic acids is 1. The van der Waals surface area contributed by atoms with Crippen LogP contribution in [0.15, 0.2) is 0 Å². The number of nitrogens with zero attached hydrogens (tertiary/aromatic N) is 2. The summed E-state index contributed by atoms with van der Waals surface area (Å²) >= 11 is 0. The average Bonchev–Trinajstić information content (AvgIpc) is 2.85. The molecule has 104 valence electrons. The van der Waals surface area contributed by atoms with Gasteiger partial charge in [-0.15, -0.1) is 0 Å². The summed E-state index contributed by atoms with van der Waals surface area (Å²) in [5.41, 5.74) is 0. The van der Waals surface area contributed by atoms with Crippen molar-refractivity contribution >= 4 is 12.0 Å². The highest BCUT2D eigenvalue weighted by molar-refractivity contribution is 5.82. The summed E-state index contributed by atoms with van der Waals surface area (Å²) in [6.45, 7) is 2.85. The highest BCUT2D eigenvalue weighted by atomic mass is 16.4. The van der Waals surface area contributed by atoms with E-state index in [0.29, 0.717) is 6.54 Å². The van der Waals surface area contributed by atoms with E-state index in [1.807, 2.05) is 0 Å². The van der Waals surface area contributed by atoms with Crippen molar-refractivity contribution in [2.24, 2.45) is 0 Å². The molecule has 0 spiro atoms. The first-order valence-corrected chi connectivity index (χ1v) is 6.12. The molecule has 1 aliphatic rings. The summed E-state index contributed by atoms with van der Waals surface area (Å²) in [5, 5.41) is 19.8. The molecule has 1 saturated heterocycles. The van der Waals surface area contributed by atoms with Gasteiger partial charge in [-0.3, -0.25) is 0 Å². The second-order valence-corrected chi connectivity index (χ2v) is 4.49. The van der Waals surface area contributed by atoms with Gasteiger partial charge in [0, 0.05) is 20.1 Å². The quantitative estimate of drug-likeness (QED) is 0.579. The summed E-state index contributed by atoms with van der Waals surface area (Å²) in [6, 6.07) is -1.72. The van der Waals surface area contributed by atoms with E-state index in [1.165, 1.54) is 17.7 Å². The second-order valence-electron chi connectivity index (χ2n) is 4.49. The molecule has 0 aromatic carbocycles. The van der Waals surface area contributed by atoms with E-state index in [0.717, 1.165) is 19.6 Å². The lowest BCUT2D eigenvalue weighted by Gasteiger charge is -2.23. The normalized spacial score (nSPS) is 17.4. The van der Waals surface area contributed by atoms with Crippen LogP contribution in [0.2, 0.25) is 0 Å². The number of hydrogen-bond donors (Lipinski definition) is 3. The number of nitrogens with one attached hydrogen (secondary N) is 1. The topological polar surface area (TPSA) is 93.1 Å². The summed E-state index contributed by atoms with van der Waals surface area (Å²) in [4.78, 5) is 26.0. The third kappa shape index (κ3) is 4.50. The zero-order chi connectivity index (χ0) is 13.5. The maximum atomic E-state index is 11.6. The van der Waals surface area contributed by atoms with Gasteiger partial charge >= 0.3 is 12.0 Å². The zero-order valence-corrected chi connectivity index (χ0v) is 10.6. The van der Waals surface area contributed by atoms with Crippen molar-refractivity contribution in [2.75, 3.05) is 39.8 Å². The van der Waals surface area contributed by atoms with Crippen LogP contribution in [-0.4, -0.2) is 77.9 Å². The fraction of sp³-hybridized carbons (Fsp3) is 0.818. The molecule has 0 aromatic rings. The number of aliphatic hydroxyl groups is 1. The lowest BCUT2D eigenvalue weighted by Crippen LogP contribution is -2.49. The van der Waals surface area contributed by atoms with E-state index < -0.39 is 24.6 Å². The van der Waals surface area contributed by atoms with Crippen LogP contribution in [0.1, 0.15) is 12.8 Å². The van der Waals surface area contributed by atoms with E-state index in [9.17, 15) is 9.59 Å². The maximum Gasteiger partial charge on any atom is 0.328 e. The van der Waals surface area contributed by atoms with Crippen molar-refractivity contribution in [3.8, 4) is 0 Å². The molecule has 1 atom stereocenters. The molecule has 1 rings (SSSR count). The molecule has 0 radical (unpaired) electrons. The molecule has 0 bridgehead atoms. The number of likely N-dealkylation sites (tertiary alicyclic amines) is 1. The minimum atomic E-state index is -1.24. The predicted molar refractivity (Wildman–Crippen MR) is 65.3 cm³/mol. The molecular formula is C11H21N3O4. The standard InChI is InChI=1S/C11H21N3O4/c1-13(6-7-14-4-2-3-5-14)11(18)12-9(8-15)10(16)17/h9,15H,2-8H2,1H3,(H,12,18)(H,16,17)/t9-/m0/s1. The number of carboxylic acids is 1. The lowest BCUT2D eigenvalue weighted by molar-refractivity contribution is -0.140. The Bertz CT molecular complexity index is 292. The number of likely N-dealkylation sites (N-methyl/N-ethyl adjacent to an activating group) is 1. The molecule has 0 saturated carbocycles. The highest BCUT2D eigenvalue weighted by Crippen LogP contribution is 2.06. The molecule has 0 aromatic heterocycles. The van der Waals surface area contributed by atoms with Crippen molar-refractivity contribution in [3.05, 3.63) is 0 Å². The summed E-state index contributed by atoms with van der Waals surface area (Å²) in [7, 11) is 1.61. The molecule has 1 heterocycles. The molecule has 1 fully saturated rings. The van der Waals surface area contributed by atoms with Gasteiger partial charge in [-0.05, 0) is 25.9 Å². The second kappa shape index (κ2) is 7.17. The Balaban J connectivity index is 2.29. The molecule has 7 heteroatoms. The Morgan fingerprint density at radius 2 is 2.00 bits per heavy atom. The number of rotatable bonds is 6. The van der Waals surface area contributed by atoms with E-state index in [4.69, 9.17) is 10.2 Å². The van der Waals surface area contributed by atoms with Crippen LogP contribution in [0.25, 0.3) is 0 Å². The first-order valence-electron chi connectivity index (χ1n) is 6.12. The Kier molecular flexibility index (Phi) is 5.87. The first-order chi connectivity index (χ1) is 8.54. The average molecular weight is 259 g/mol. The fourth-order valence-corrected chi connectivity index (χ4v) is 1.84. The van der Waals surface area contributed by atoms with Gasteiger partial charge in [0.1, 0.15) is 0 Å². The van der Waals surface area contributed by atoms with Gasteiger partial charge in [0.05, 0.1) is 6.61 Å². The van der Waals surface area contributed by atoms with E-state index >= 15 is 0 Å². The van der Waals surface area contributed by atoms with E-state index in [2.05, 4.69) is 10.2 Å². The number of aliphatic carboxylic acids is 1. The SMILES string of the molecule is CN(CCN1CCCC1)C(=O)N[C@@H](CO)C(=O)O. The number of aliphatic hydroxyl groups excluding tert-OH is 1. The van der Waals surface area contributed by atoms with Gasteiger partial charge < -0.3 is 25.3 Å². The summed E-state index contributed by atoms with van der Waals surface area (Å²) in [5.74, 6) is -1.24. The largest absolute Gasteiger partial charge is 0.480 e. The van der Waals surface area contributed by atoms with Gasteiger partial charge in [-0.25, -0.2) is 9.59 Å². The van der Waals surface area contributed by atoms with Gasteiger partial charge in [0.25, 0.3) is 0 Å². The third-order valence-electron chi connectivity index (χ3n) is 3.08. The smallest absolute Gasteiger partial charge is 0.328 e. The molecule has 7 nitrogen and oxygen atoms in total. The molecule has 1 aliphatic heterocycles. The monoisotopic (exact) mass is 259 g/mol. The van der Waals surface area contributed by atoms with Gasteiger partial charge in [-0.2, -0.15) is 0 Å². The number of carbonyl (C=O) groups is 2. The van der Waals surface area contributed by atoms with Crippen molar-refractivity contribution < 1.29 is 19.8 Å². The van der Waals surface area contributed by atoms with Crippen LogP contribution in [0.3, 0.4) is 0 Å². The summed E-state index contributed by atoms with van der Waals surface area (Å²) in [6.07, 6.45) is 2.39. The summed E-state index contributed by atoms with van der Waals surface area (Å²) < 4.78 is 0. The number of urea groups is 1. The Morgan fingerprint density at radius 1 is 1.39 bits per heavy atom. The van der Waals surface area contributed by atoms with Crippen LogP contribution in [0.5, 0.6) is 0 Å². The van der Waals surface area contributed by atoms with Gasteiger partial charge in [0.2, 0.25) is 0 Å². The number of hydrogen-bond acceptors (Lipinski definition) is 4. The van der Waals surface area contributed by atoms with E-state index in [1.54, 1.807) is 7.05 Å². The van der Waals surface area contributed by atoms with Crippen LogP contribution >= 0.6 is 0 Å². The molecule has 3 N–H and O–H groups in total. The van der Waals surface area contributed by atoms with Crippen molar-refractivity contribution in [1.29, 1.82) is 0 Å². The zero-order valence-electron chi connectivity index (χ0n) is 10.6. The van der Waals surface area contributed by atoms with Crippen molar-refractivity contribution in [2.45, 2.75) is 18.9 Å². The predicted octanol–water partition coefficient (Wildman–Crippen LogP) is -0.831. The molecule has 2 amide bonds. The van der Waals surface area contributed by atoms with Crippen LogP contribution in [0, 0.1) is 0 Å². The third-order valence-corrected chi connectivity index (χ3v) is 3.08. The minimum Gasteiger partial charge on any atom is -0.480 e. The molecule has 18 heavy (non-hydrogen) atoms. The minimum absolute atomic E-state index is 0.476. The van der Waals surface area contributed by atoms with Gasteiger partial charge in [0.15, 0.2) is 6.04 Å². The Hall–Kier alpha value is -1.34. The first kappa shape index (κ1) is 14.7. The molecule has 0 unspecified atom stereocenters. The van der Waals surface area contributed by atoms with Crippen LogP contribution in [0.4, 0.5) is 4.79 Å². The van der Waals surface area contributed by atoms with E-state index in [-0.39, 0.29) is 0 Å². The number of carboxylic acid groups (broad SMARTS) is 1. The Labute approximate surface area is 106 Å². The van der Waals surface area contributed by atoms with Crippen LogP contribution in [-0.2, 0) is 4.79 Å². The molecule has 0 aliphatic carbocycles. The van der Waals surface area contributed by atoms with Crippen LogP contribution < -0.4 is 5.32 Å². The number of amides is 2. The lowest BCUT2D eigenvalue weighted by atomic mass is 10.3. The highest BCUT2D eigenvalue weighted by Gasteiger charge is 2.21. The van der Waals surface area contributed by atoms with Gasteiger partial charge in [-0.1, -0.05) is 0 Å².